The van der Waals surface area contributed by atoms with E-state index in [-0.39, 0.29) is 24.1 Å². The van der Waals surface area contributed by atoms with Crippen LogP contribution in [0.3, 0.4) is 0 Å². The molecule has 0 saturated carbocycles. The quantitative estimate of drug-likeness (QED) is 0.743. The first-order chi connectivity index (χ1) is 11.2. The van der Waals surface area contributed by atoms with E-state index in [0.29, 0.717) is 10.9 Å². The highest BCUT2D eigenvalue weighted by Gasteiger charge is 2.33. The Morgan fingerprint density at radius 2 is 2.13 bits per heavy atom. The summed E-state index contributed by atoms with van der Waals surface area (Å²) in [6.07, 6.45) is 2.44. The fourth-order valence-electron chi connectivity index (χ4n) is 2.92. The van der Waals surface area contributed by atoms with Crippen LogP contribution < -0.4 is 5.56 Å². The van der Waals surface area contributed by atoms with Gasteiger partial charge in [-0.15, -0.1) is 11.3 Å². The third-order valence-corrected chi connectivity index (χ3v) is 5.22. The zero-order valence-electron chi connectivity index (χ0n) is 12.4. The average Bonchev–Trinajstić information content (AvgIpc) is 3.03. The van der Waals surface area contributed by atoms with Gasteiger partial charge >= 0.3 is 0 Å². The van der Waals surface area contributed by atoms with Gasteiger partial charge in [-0.1, -0.05) is 18.2 Å². The number of hydrogen-bond acceptors (Lipinski definition) is 4. The first kappa shape index (κ1) is 14.1. The van der Waals surface area contributed by atoms with Crippen molar-refractivity contribution in [2.24, 2.45) is 0 Å². The van der Waals surface area contributed by atoms with E-state index in [1.54, 1.807) is 29.5 Å². The maximum atomic E-state index is 12.5. The minimum absolute atomic E-state index is 0.0335. The molecule has 1 saturated heterocycles. The van der Waals surface area contributed by atoms with E-state index in [2.05, 4.69) is 11.1 Å². The van der Waals surface area contributed by atoms with Gasteiger partial charge in [0.15, 0.2) is 0 Å². The molecule has 116 valence electrons. The molecule has 3 aromatic rings. The summed E-state index contributed by atoms with van der Waals surface area (Å²) in [6.45, 7) is 0.787. The van der Waals surface area contributed by atoms with Crippen molar-refractivity contribution < 1.29 is 4.79 Å². The Morgan fingerprint density at radius 3 is 2.87 bits per heavy atom. The SMILES string of the molecule is O=C(Cn1cnc2ccccc2c1=O)N1CCC1c1cccs1. The number of rotatable bonds is 3. The molecule has 0 radical (unpaired) electrons. The molecule has 0 N–H and O–H groups in total. The van der Waals surface area contributed by atoms with Gasteiger partial charge in [-0.3, -0.25) is 14.2 Å². The summed E-state index contributed by atoms with van der Waals surface area (Å²) in [4.78, 5) is 32.3. The van der Waals surface area contributed by atoms with Gasteiger partial charge in [0.05, 0.1) is 23.3 Å². The Bertz CT molecular complexity index is 917. The van der Waals surface area contributed by atoms with Gasteiger partial charge in [0.2, 0.25) is 5.91 Å². The van der Waals surface area contributed by atoms with Gasteiger partial charge in [0, 0.05) is 11.4 Å². The van der Waals surface area contributed by atoms with Gasteiger partial charge in [-0.25, -0.2) is 4.98 Å². The molecule has 4 rings (SSSR count). The molecule has 1 unspecified atom stereocenters. The number of amides is 1. The Kier molecular flexibility index (Phi) is 3.46. The van der Waals surface area contributed by atoms with Crippen molar-refractivity contribution >= 4 is 28.1 Å². The highest BCUT2D eigenvalue weighted by atomic mass is 32.1. The minimum Gasteiger partial charge on any atom is -0.333 e. The second-order valence-electron chi connectivity index (χ2n) is 5.60. The monoisotopic (exact) mass is 325 g/mol. The van der Waals surface area contributed by atoms with Gasteiger partial charge in [0.25, 0.3) is 5.56 Å². The van der Waals surface area contributed by atoms with Crippen LogP contribution in [0.1, 0.15) is 17.3 Å². The zero-order valence-corrected chi connectivity index (χ0v) is 13.2. The smallest absolute Gasteiger partial charge is 0.261 e. The standard InChI is InChI=1S/C17H15N3O2S/c21-16(20-8-7-14(20)15-6-3-9-23-15)10-19-11-18-13-5-2-1-4-12(13)17(19)22/h1-6,9,11,14H,7-8,10H2. The van der Waals surface area contributed by atoms with E-state index in [1.807, 2.05) is 22.4 Å². The molecule has 1 atom stereocenters. The van der Waals surface area contributed by atoms with Gasteiger partial charge in [0.1, 0.15) is 6.54 Å². The molecule has 23 heavy (non-hydrogen) atoms. The van der Waals surface area contributed by atoms with Crippen molar-refractivity contribution in [1.82, 2.24) is 14.5 Å². The van der Waals surface area contributed by atoms with E-state index in [4.69, 9.17) is 0 Å². The lowest BCUT2D eigenvalue weighted by atomic mass is 10.0. The van der Waals surface area contributed by atoms with E-state index in [1.165, 1.54) is 15.8 Å². The van der Waals surface area contributed by atoms with Crippen LogP contribution in [0.5, 0.6) is 0 Å². The molecule has 2 aromatic heterocycles. The minimum atomic E-state index is -0.169. The number of fused-ring (bicyclic) bond motifs is 1. The zero-order chi connectivity index (χ0) is 15.8. The average molecular weight is 325 g/mol. The number of thiophene rings is 1. The molecule has 1 aromatic carbocycles. The number of para-hydroxylation sites is 1. The van der Waals surface area contributed by atoms with Crippen molar-refractivity contribution in [3.05, 3.63) is 63.3 Å². The number of nitrogens with zero attached hydrogens (tertiary/aromatic N) is 3. The Morgan fingerprint density at radius 1 is 1.26 bits per heavy atom. The highest BCUT2D eigenvalue weighted by Crippen LogP contribution is 2.35. The van der Waals surface area contributed by atoms with Crippen molar-refractivity contribution in [2.75, 3.05) is 6.54 Å². The number of carbonyl (C=O) groups is 1. The lowest BCUT2D eigenvalue weighted by Gasteiger charge is -2.40. The second kappa shape index (κ2) is 5.62. The Hall–Kier alpha value is -2.47. The number of likely N-dealkylation sites (tertiary alicyclic amines) is 1. The lowest BCUT2D eigenvalue weighted by molar-refractivity contribution is -0.139. The van der Waals surface area contributed by atoms with Crippen LogP contribution in [0.15, 0.2) is 52.9 Å². The number of benzene rings is 1. The highest BCUT2D eigenvalue weighted by molar-refractivity contribution is 7.10. The van der Waals surface area contributed by atoms with Crippen LogP contribution >= 0.6 is 11.3 Å². The van der Waals surface area contributed by atoms with Crippen molar-refractivity contribution in [1.29, 1.82) is 0 Å². The Labute approximate surface area is 136 Å². The van der Waals surface area contributed by atoms with Crippen LogP contribution in [-0.2, 0) is 11.3 Å². The van der Waals surface area contributed by atoms with Crippen LogP contribution in [0.4, 0.5) is 0 Å². The van der Waals surface area contributed by atoms with E-state index >= 15 is 0 Å². The number of hydrogen-bond donors (Lipinski definition) is 0. The lowest BCUT2D eigenvalue weighted by Crippen LogP contribution is -2.47. The predicted octanol–water partition coefficient (Wildman–Crippen LogP) is 2.43. The molecule has 1 amide bonds. The van der Waals surface area contributed by atoms with Crippen LogP contribution in [0.2, 0.25) is 0 Å². The molecule has 3 heterocycles. The van der Waals surface area contributed by atoms with Crippen LogP contribution in [0.25, 0.3) is 10.9 Å². The summed E-state index contributed by atoms with van der Waals surface area (Å²) in [5.41, 5.74) is 0.485. The molecular formula is C17H15N3O2S. The summed E-state index contributed by atoms with van der Waals surface area (Å²) in [6, 6.07) is 11.4. The summed E-state index contributed by atoms with van der Waals surface area (Å²) >= 11 is 1.66. The molecule has 0 bridgehead atoms. The van der Waals surface area contributed by atoms with Crippen molar-refractivity contribution in [3.63, 3.8) is 0 Å². The van der Waals surface area contributed by atoms with Crippen molar-refractivity contribution in [3.8, 4) is 0 Å². The third-order valence-electron chi connectivity index (χ3n) is 4.25. The fourth-order valence-corrected chi connectivity index (χ4v) is 3.79. The number of carbonyl (C=O) groups excluding carboxylic acids is 1. The van der Waals surface area contributed by atoms with Crippen LogP contribution in [-0.4, -0.2) is 26.9 Å². The molecule has 1 aliphatic heterocycles. The van der Waals surface area contributed by atoms with Crippen molar-refractivity contribution in [2.45, 2.75) is 19.0 Å². The summed E-state index contributed by atoms with van der Waals surface area (Å²) in [7, 11) is 0. The normalized spacial score (nSPS) is 17.2. The topological polar surface area (TPSA) is 55.2 Å². The summed E-state index contributed by atoms with van der Waals surface area (Å²) in [5, 5.41) is 2.56. The molecule has 0 aliphatic carbocycles. The largest absolute Gasteiger partial charge is 0.333 e. The third kappa shape index (κ3) is 2.45. The molecule has 1 fully saturated rings. The van der Waals surface area contributed by atoms with E-state index < -0.39 is 0 Å². The van der Waals surface area contributed by atoms with E-state index in [9.17, 15) is 9.59 Å². The van der Waals surface area contributed by atoms with Gasteiger partial charge < -0.3 is 4.90 Å². The predicted molar refractivity (Wildman–Crippen MR) is 89.4 cm³/mol. The first-order valence-electron chi connectivity index (χ1n) is 7.51. The maximum absolute atomic E-state index is 12.5. The van der Waals surface area contributed by atoms with Crippen LogP contribution in [0, 0.1) is 0 Å². The summed E-state index contributed by atoms with van der Waals surface area (Å²) < 4.78 is 1.40. The maximum Gasteiger partial charge on any atom is 0.261 e. The fraction of sp³-hybridized carbons (Fsp3) is 0.235. The number of aromatic nitrogens is 2. The van der Waals surface area contributed by atoms with Gasteiger partial charge in [-0.2, -0.15) is 0 Å². The molecule has 6 heteroatoms. The first-order valence-corrected chi connectivity index (χ1v) is 8.39. The molecular weight excluding hydrogens is 310 g/mol. The Balaban J connectivity index is 1.57. The molecule has 0 spiro atoms. The molecule has 5 nitrogen and oxygen atoms in total. The van der Waals surface area contributed by atoms with E-state index in [0.717, 1.165) is 13.0 Å². The summed E-state index contributed by atoms with van der Waals surface area (Å²) in [5.74, 6) is -0.0335. The van der Waals surface area contributed by atoms with Gasteiger partial charge in [-0.05, 0) is 30.0 Å². The second-order valence-corrected chi connectivity index (χ2v) is 6.58. The molecule has 1 aliphatic rings.